The number of sulfonamides is 1. The molecule has 1 rings (SSSR count). The summed E-state index contributed by atoms with van der Waals surface area (Å²) in [6.45, 7) is 1.13. The van der Waals surface area contributed by atoms with Crippen molar-refractivity contribution in [1.29, 1.82) is 0 Å². The van der Waals surface area contributed by atoms with Crippen LogP contribution in [0.15, 0.2) is 24.3 Å². The highest BCUT2D eigenvalue weighted by molar-refractivity contribution is 7.88. The van der Waals surface area contributed by atoms with Crippen LogP contribution in [0.25, 0.3) is 0 Å². The highest BCUT2D eigenvalue weighted by Gasteiger charge is 2.28. The van der Waals surface area contributed by atoms with Gasteiger partial charge in [0.25, 0.3) is 0 Å². The molecule has 2 N–H and O–H groups in total. The molecule has 0 spiro atoms. The summed E-state index contributed by atoms with van der Waals surface area (Å²) in [4.78, 5) is 26.3. The number of aliphatic hydroxyl groups excluding tert-OH is 1. The van der Waals surface area contributed by atoms with Gasteiger partial charge in [0.2, 0.25) is 21.8 Å². The van der Waals surface area contributed by atoms with Crippen LogP contribution in [-0.2, 0) is 26.2 Å². The first-order chi connectivity index (χ1) is 12.6. The van der Waals surface area contributed by atoms with Crippen molar-refractivity contribution < 1.29 is 27.9 Å². The Kier molecular flexibility index (Phi) is 8.67. The predicted molar refractivity (Wildman–Crippen MR) is 101 cm³/mol. The molecule has 10 heteroatoms. The Morgan fingerprint density at radius 1 is 1.26 bits per heavy atom. The summed E-state index contributed by atoms with van der Waals surface area (Å²) in [5, 5.41) is 11.4. The third-order valence-electron chi connectivity index (χ3n) is 4.01. The smallest absolute Gasteiger partial charge is 0.242 e. The van der Waals surface area contributed by atoms with E-state index < -0.39 is 27.9 Å². The highest BCUT2D eigenvalue weighted by Crippen LogP contribution is 2.15. The van der Waals surface area contributed by atoms with Crippen molar-refractivity contribution in [1.82, 2.24) is 14.5 Å². The van der Waals surface area contributed by atoms with Crippen molar-refractivity contribution in [3.05, 3.63) is 29.8 Å². The maximum absolute atomic E-state index is 12.7. The topological polar surface area (TPSA) is 116 Å². The van der Waals surface area contributed by atoms with Gasteiger partial charge in [-0.25, -0.2) is 8.42 Å². The third kappa shape index (κ3) is 7.16. The second-order valence-electron chi connectivity index (χ2n) is 6.08. The number of hydrogen-bond donors (Lipinski definition) is 2. The molecule has 0 aliphatic carbocycles. The van der Waals surface area contributed by atoms with E-state index in [2.05, 4.69) is 5.32 Å². The Bertz CT molecular complexity index is 736. The van der Waals surface area contributed by atoms with Gasteiger partial charge in [-0.2, -0.15) is 4.31 Å². The molecule has 27 heavy (non-hydrogen) atoms. The van der Waals surface area contributed by atoms with E-state index in [1.165, 1.54) is 11.9 Å². The van der Waals surface area contributed by atoms with Gasteiger partial charge in [-0.1, -0.05) is 12.1 Å². The predicted octanol–water partition coefficient (Wildman–Crippen LogP) is -0.588. The van der Waals surface area contributed by atoms with Gasteiger partial charge in [-0.15, -0.1) is 0 Å². The minimum atomic E-state index is -3.54. The van der Waals surface area contributed by atoms with Crippen LogP contribution in [0.3, 0.4) is 0 Å². The zero-order valence-electron chi connectivity index (χ0n) is 16.0. The zero-order valence-corrected chi connectivity index (χ0v) is 16.8. The molecule has 0 unspecified atom stereocenters. The molecule has 0 aliphatic heterocycles. The van der Waals surface area contributed by atoms with E-state index in [0.29, 0.717) is 5.75 Å². The Morgan fingerprint density at radius 3 is 2.33 bits per heavy atom. The summed E-state index contributed by atoms with van der Waals surface area (Å²) in [6.07, 6.45) is 1.01. The largest absolute Gasteiger partial charge is 0.497 e. The fraction of sp³-hybridized carbons (Fsp3) is 0.529. The lowest BCUT2D eigenvalue weighted by Gasteiger charge is -2.30. The van der Waals surface area contributed by atoms with E-state index in [1.54, 1.807) is 38.3 Å². The van der Waals surface area contributed by atoms with Gasteiger partial charge in [0.05, 0.1) is 26.5 Å². The normalized spacial score (nSPS) is 12.5. The molecule has 0 aromatic heterocycles. The van der Waals surface area contributed by atoms with Crippen molar-refractivity contribution in [3.63, 3.8) is 0 Å². The van der Waals surface area contributed by atoms with Gasteiger partial charge in [0, 0.05) is 20.1 Å². The molecule has 1 aromatic rings. The quantitative estimate of drug-likeness (QED) is 0.541. The first-order valence-corrected chi connectivity index (χ1v) is 10.2. The van der Waals surface area contributed by atoms with Gasteiger partial charge in [-0.05, 0) is 24.6 Å². The number of carbonyl (C=O) groups is 2. The molecule has 0 heterocycles. The zero-order chi connectivity index (χ0) is 20.6. The molecule has 1 atom stereocenters. The molecule has 1 aromatic carbocycles. The third-order valence-corrected chi connectivity index (χ3v) is 5.28. The number of nitrogens with one attached hydrogen (secondary N) is 1. The molecule has 152 valence electrons. The summed E-state index contributed by atoms with van der Waals surface area (Å²) >= 11 is 0. The van der Waals surface area contributed by atoms with Crippen molar-refractivity contribution in [2.45, 2.75) is 19.5 Å². The van der Waals surface area contributed by atoms with Gasteiger partial charge < -0.3 is 20.1 Å². The highest BCUT2D eigenvalue weighted by atomic mass is 32.2. The maximum Gasteiger partial charge on any atom is 0.242 e. The molecule has 2 amide bonds. The number of aliphatic hydroxyl groups is 1. The van der Waals surface area contributed by atoms with Crippen LogP contribution in [0, 0.1) is 0 Å². The lowest BCUT2D eigenvalue weighted by Crippen LogP contribution is -2.50. The van der Waals surface area contributed by atoms with Crippen molar-refractivity contribution >= 4 is 21.8 Å². The molecule has 0 bridgehead atoms. The second-order valence-corrected chi connectivity index (χ2v) is 8.17. The van der Waals surface area contributed by atoms with Gasteiger partial charge >= 0.3 is 0 Å². The van der Waals surface area contributed by atoms with Gasteiger partial charge in [0.1, 0.15) is 11.8 Å². The standard InChI is InChI=1S/C17H27N3O6S/c1-13(17(23)18-9-10-21)20(16(22)12-19(2)27(4,24)25)11-14-5-7-15(26-3)8-6-14/h5-8,13,21H,9-12H2,1-4H3,(H,18,23)/t13-/m0/s1. The average Bonchev–Trinajstić information content (AvgIpc) is 2.63. The molecule has 0 fully saturated rings. The number of likely N-dealkylation sites (N-methyl/N-ethyl adjacent to an activating group) is 1. The van der Waals surface area contributed by atoms with Crippen molar-refractivity contribution in [3.8, 4) is 5.75 Å². The SMILES string of the molecule is COc1ccc(CN(C(=O)CN(C)S(C)(=O)=O)[C@@H](C)C(=O)NCCO)cc1. The minimum Gasteiger partial charge on any atom is -0.497 e. The van der Waals surface area contributed by atoms with Crippen LogP contribution in [0.4, 0.5) is 0 Å². The molecular formula is C17H27N3O6S. The Balaban J connectivity index is 3.02. The van der Waals surface area contributed by atoms with Gasteiger partial charge in [-0.3, -0.25) is 9.59 Å². The number of methoxy groups -OCH3 is 1. The number of carbonyl (C=O) groups excluding carboxylic acids is 2. The number of amides is 2. The first kappa shape index (κ1) is 22.9. The van der Waals surface area contributed by atoms with E-state index in [1.807, 2.05) is 0 Å². The fourth-order valence-electron chi connectivity index (χ4n) is 2.24. The van der Waals surface area contributed by atoms with E-state index in [-0.39, 0.29) is 26.2 Å². The second kappa shape index (κ2) is 10.2. The Hall–Kier alpha value is -2.17. The number of benzene rings is 1. The van der Waals surface area contributed by atoms with Crippen LogP contribution >= 0.6 is 0 Å². The monoisotopic (exact) mass is 401 g/mol. The lowest BCUT2D eigenvalue weighted by molar-refractivity contribution is -0.140. The summed E-state index contributed by atoms with van der Waals surface area (Å²) in [6, 6.07) is 6.14. The number of nitrogens with zero attached hydrogens (tertiary/aromatic N) is 2. The average molecular weight is 401 g/mol. The molecule has 9 nitrogen and oxygen atoms in total. The van der Waals surface area contributed by atoms with E-state index >= 15 is 0 Å². The molecular weight excluding hydrogens is 374 g/mol. The summed E-state index contributed by atoms with van der Waals surface area (Å²) < 4.78 is 29.2. The van der Waals surface area contributed by atoms with E-state index in [4.69, 9.17) is 9.84 Å². The van der Waals surface area contributed by atoms with Crippen molar-refractivity contribution in [2.75, 3.05) is 40.1 Å². The lowest BCUT2D eigenvalue weighted by atomic mass is 10.1. The molecule has 0 saturated carbocycles. The number of rotatable bonds is 10. The van der Waals surface area contributed by atoms with Crippen LogP contribution in [0.1, 0.15) is 12.5 Å². The van der Waals surface area contributed by atoms with Gasteiger partial charge in [0.15, 0.2) is 0 Å². The molecule has 0 aliphatic rings. The Morgan fingerprint density at radius 2 is 1.85 bits per heavy atom. The first-order valence-electron chi connectivity index (χ1n) is 8.32. The summed E-state index contributed by atoms with van der Waals surface area (Å²) in [5.74, 6) is -0.291. The number of hydrogen-bond acceptors (Lipinski definition) is 6. The van der Waals surface area contributed by atoms with Crippen molar-refractivity contribution in [2.24, 2.45) is 0 Å². The summed E-state index contributed by atoms with van der Waals surface area (Å²) in [5.41, 5.74) is 0.757. The molecule has 0 saturated heterocycles. The maximum atomic E-state index is 12.7. The fourth-order valence-corrected chi connectivity index (χ4v) is 2.58. The minimum absolute atomic E-state index is 0.0665. The van der Waals surface area contributed by atoms with E-state index in [9.17, 15) is 18.0 Å². The Labute approximate surface area is 160 Å². The van der Waals surface area contributed by atoms with Crippen LogP contribution < -0.4 is 10.1 Å². The van der Waals surface area contributed by atoms with E-state index in [0.717, 1.165) is 16.1 Å². The summed E-state index contributed by atoms with van der Waals surface area (Å²) in [7, 11) is -0.696. The van der Waals surface area contributed by atoms with Crippen LogP contribution in [0.2, 0.25) is 0 Å². The molecule has 0 radical (unpaired) electrons. The van der Waals surface area contributed by atoms with Crippen LogP contribution in [0.5, 0.6) is 5.75 Å². The number of ether oxygens (including phenoxy) is 1. The van der Waals surface area contributed by atoms with Crippen LogP contribution in [-0.4, -0.2) is 80.7 Å².